The predicted molar refractivity (Wildman–Crippen MR) is 46.2 cm³/mol. The zero-order chi connectivity index (χ0) is 10.9. The number of hydrogen-bond donors (Lipinski definition) is 4. The summed E-state index contributed by atoms with van der Waals surface area (Å²) < 4.78 is 4.83. The first kappa shape index (κ1) is 11.4. The number of carbonyl (C=O) groups is 1. The van der Waals surface area contributed by atoms with E-state index < -0.39 is 30.6 Å². The maximum Gasteiger partial charge on any atom is 0.217 e. The third-order valence-electron chi connectivity index (χ3n) is 2.23. The van der Waals surface area contributed by atoms with Crippen LogP contribution in [0.5, 0.6) is 0 Å². The summed E-state index contributed by atoms with van der Waals surface area (Å²) in [7, 11) is 0. The molecule has 1 rings (SSSR count). The highest BCUT2D eigenvalue weighted by Crippen LogP contribution is 2.19. The topological polar surface area (TPSA) is 99.0 Å². The summed E-state index contributed by atoms with van der Waals surface area (Å²) in [6.45, 7) is 2.82. The molecule has 14 heavy (non-hydrogen) atoms. The van der Waals surface area contributed by atoms with Crippen LogP contribution in [0.25, 0.3) is 0 Å². The summed E-state index contributed by atoms with van der Waals surface area (Å²) in [5.41, 5.74) is 0. The summed E-state index contributed by atoms with van der Waals surface area (Å²) in [6, 6.07) is -0.897. The first-order chi connectivity index (χ1) is 6.43. The second-order valence-electron chi connectivity index (χ2n) is 3.44. The monoisotopic (exact) mass is 205 g/mol. The molecule has 1 fully saturated rings. The van der Waals surface area contributed by atoms with E-state index in [1.165, 1.54) is 6.92 Å². The summed E-state index contributed by atoms with van der Waals surface area (Å²) in [5, 5.41) is 30.6. The van der Waals surface area contributed by atoms with Crippen molar-refractivity contribution in [2.24, 2.45) is 0 Å². The van der Waals surface area contributed by atoms with Crippen molar-refractivity contribution < 1.29 is 24.9 Å². The molecule has 0 aromatic carbocycles. The summed E-state index contributed by atoms with van der Waals surface area (Å²) >= 11 is 0. The molecular formula is C8H15NO5. The smallest absolute Gasteiger partial charge is 0.217 e. The minimum Gasteiger partial charge on any atom is -0.388 e. The fraction of sp³-hybridized carbons (Fsp3) is 0.875. The minimum atomic E-state index is -1.38. The van der Waals surface area contributed by atoms with Gasteiger partial charge in [-0.3, -0.25) is 4.79 Å². The Kier molecular flexibility index (Phi) is 3.43. The van der Waals surface area contributed by atoms with E-state index in [-0.39, 0.29) is 5.91 Å². The molecule has 82 valence electrons. The summed E-state index contributed by atoms with van der Waals surface area (Å²) in [4.78, 5) is 10.8. The van der Waals surface area contributed by atoms with Crippen LogP contribution >= 0.6 is 0 Å². The van der Waals surface area contributed by atoms with Crippen LogP contribution < -0.4 is 5.32 Å². The molecule has 5 atom stereocenters. The zero-order valence-electron chi connectivity index (χ0n) is 8.04. The van der Waals surface area contributed by atoms with Crippen LogP contribution in [0.2, 0.25) is 0 Å². The number of nitrogens with one attached hydrogen (secondary N) is 1. The van der Waals surface area contributed by atoms with Gasteiger partial charge in [-0.1, -0.05) is 0 Å². The second kappa shape index (κ2) is 4.22. The molecule has 0 aliphatic carbocycles. The van der Waals surface area contributed by atoms with E-state index in [9.17, 15) is 20.1 Å². The summed E-state index contributed by atoms with van der Waals surface area (Å²) in [5.74, 6) is -0.380. The SMILES string of the molecule is CC(=O)N[C@H]1[C@@H](O)[C@@H](C)O[C@H](O)[C@H]1O. The minimum absolute atomic E-state index is 0.380. The lowest BCUT2D eigenvalue weighted by Crippen LogP contribution is -2.62. The van der Waals surface area contributed by atoms with Gasteiger partial charge in [0.2, 0.25) is 5.91 Å². The number of amides is 1. The fourth-order valence-corrected chi connectivity index (χ4v) is 1.46. The van der Waals surface area contributed by atoms with Gasteiger partial charge in [0.05, 0.1) is 12.1 Å². The van der Waals surface area contributed by atoms with E-state index in [0.29, 0.717) is 0 Å². The normalized spacial score (nSPS) is 43.4. The molecule has 6 heteroatoms. The van der Waals surface area contributed by atoms with Crippen molar-refractivity contribution in [1.82, 2.24) is 5.32 Å². The Labute approximate surface area is 81.5 Å². The molecule has 0 unspecified atom stereocenters. The molecule has 0 saturated carbocycles. The van der Waals surface area contributed by atoms with Crippen LogP contribution in [-0.4, -0.2) is 51.9 Å². The van der Waals surface area contributed by atoms with Gasteiger partial charge in [0.1, 0.15) is 12.2 Å². The van der Waals surface area contributed by atoms with E-state index in [2.05, 4.69) is 5.32 Å². The number of hydrogen-bond acceptors (Lipinski definition) is 5. The Balaban J connectivity index is 2.71. The van der Waals surface area contributed by atoms with Gasteiger partial charge in [0, 0.05) is 6.92 Å². The van der Waals surface area contributed by atoms with Crippen molar-refractivity contribution in [2.75, 3.05) is 0 Å². The van der Waals surface area contributed by atoms with Crippen LogP contribution in [-0.2, 0) is 9.53 Å². The average molecular weight is 205 g/mol. The zero-order valence-corrected chi connectivity index (χ0v) is 8.04. The lowest BCUT2D eigenvalue weighted by atomic mass is 9.97. The van der Waals surface area contributed by atoms with Crippen molar-refractivity contribution in [3.63, 3.8) is 0 Å². The van der Waals surface area contributed by atoms with Gasteiger partial charge in [-0.05, 0) is 6.92 Å². The highest BCUT2D eigenvalue weighted by atomic mass is 16.6. The Hall–Kier alpha value is -0.690. The van der Waals surface area contributed by atoms with Gasteiger partial charge >= 0.3 is 0 Å². The van der Waals surface area contributed by atoms with Crippen molar-refractivity contribution in [1.29, 1.82) is 0 Å². The number of carbonyl (C=O) groups excluding carboxylic acids is 1. The van der Waals surface area contributed by atoms with E-state index >= 15 is 0 Å². The largest absolute Gasteiger partial charge is 0.388 e. The Morgan fingerprint density at radius 2 is 1.86 bits per heavy atom. The Bertz CT molecular complexity index is 208. The molecule has 6 nitrogen and oxygen atoms in total. The van der Waals surface area contributed by atoms with Gasteiger partial charge in [-0.2, -0.15) is 0 Å². The highest BCUT2D eigenvalue weighted by molar-refractivity contribution is 5.73. The summed E-state index contributed by atoms with van der Waals surface area (Å²) in [6.07, 6.45) is -4.36. The first-order valence-electron chi connectivity index (χ1n) is 4.40. The van der Waals surface area contributed by atoms with Crippen LogP contribution in [0.4, 0.5) is 0 Å². The van der Waals surface area contributed by atoms with Crippen molar-refractivity contribution in [3.05, 3.63) is 0 Å². The number of aliphatic hydroxyl groups is 3. The highest BCUT2D eigenvalue weighted by Gasteiger charge is 2.42. The van der Waals surface area contributed by atoms with Crippen molar-refractivity contribution in [2.45, 2.75) is 44.5 Å². The molecule has 1 heterocycles. The standard InChI is InChI=1S/C8H15NO5/c1-3-6(11)5(9-4(2)10)7(12)8(13)14-3/h3,5-8,11-13H,1-2H3,(H,9,10)/t3-,5+,6+,7+,8+/m1/s1. The Morgan fingerprint density at radius 1 is 1.29 bits per heavy atom. The lowest BCUT2D eigenvalue weighted by Gasteiger charge is -2.39. The molecule has 0 radical (unpaired) electrons. The number of aliphatic hydroxyl groups excluding tert-OH is 3. The predicted octanol–water partition coefficient (Wildman–Crippen LogP) is -2.05. The van der Waals surface area contributed by atoms with Gasteiger partial charge in [-0.25, -0.2) is 0 Å². The van der Waals surface area contributed by atoms with Crippen molar-refractivity contribution >= 4 is 5.91 Å². The van der Waals surface area contributed by atoms with Gasteiger partial charge in [0.15, 0.2) is 6.29 Å². The molecule has 0 aromatic rings. The van der Waals surface area contributed by atoms with E-state index in [4.69, 9.17) is 4.74 Å². The lowest BCUT2D eigenvalue weighted by molar-refractivity contribution is -0.251. The molecule has 0 spiro atoms. The quantitative estimate of drug-likeness (QED) is 0.395. The molecule has 1 aliphatic rings. The van der Waals surface area contributed by atoms with Gasteiger partial charge < -0.3 is 25.4 Å². The first-order valence-corrected chi connectivity index (χ1v) is 4.40. The van der Waals surface area contributed by atoms with Crippen LogP contribution in [0, 0.1) is 0 Å². The molecule has 1 amide bonds. The van der Waals surface area contributed by atoms with Gasteiger partial charge in [-0.15, -0.1) is 0 Å². The number of ether oxygens (including phenoxy) is 1. The maximum absolute atomic E-state index is 10.8. The third-order valence-corrected chi connectivity index (χ3v) is 2.23. The van der Waals surface area contributed by atoms with E-state index in [1.807, 2.05) is 0 Å². The maximum atomic E-state index is 10.8. The molecular weight excluding hydrogens is 190 g/mol. The fourth-order valence-electron chi connectivity index (χ4n) is 1.46. The van der Waals surface area contributed by atoms with E-state index in [0.717, 1.165) is 0 Å². The van der Waals surface area contributed by atoms with Crippen LogP contribution in [0.3, 0.4) is 0 Å². The number of rotatable bonds is 1. The van der Waals surface area contributed by atoms with E-state index in [1.54, 1.807) is 6.92 Å². The van der Waals surface area contributed by atoms with Gasteiger partial charge in [0.25, 0.3) is 0 Å². The van der Waals surface area contributed by atoms with Crippen LogP contribution in [0.1, 0.15) is 13.8 Å². The average Bonchev–Trinajstić information content (AvgIpc) is 2.09. The third kappa shape index (κ3) is 2.21. The molecule has 0 bridgehead atoms. The van der Waals surface area contributed by atoms with Crippen LogP contribution in [0.15, 0.2) is 0 Å². The molecule has 1 aliphatic heterocycles. The van der Waals surface area contributed by atoms with Crippen molar-refractivity contribution in [3.8, 4) is 0 Å². The second-order valence-corrected chi connectivity index (χ2v) is 3.44. The molecule has 0 aromatic heterocycles. The Morgan fingerprint density at radius 3 is 2.36 bits per heavy atom. The molecule has 4 N–H and O–H groups in total. The molecule has 1 saturated heterocycles.